The molecule has 0 saturated carbocycles. The first-order valence-electron chi connectivity index (χ1n) is 6.44. The molecule has 0 spiro atoms. The van der Waals surface area contributed by atoms with E-state index < -0.39 is 16.9 Å². The van der Waals surface area contributed by atoms with Crippen LogP contribution in [0.3, 0.4) is 0 Å². The fourth-order valence-corrected chi connectivity index (χ4v) is 2.91. The zero-order valence-electron chi connectivity index (χ0n) is 10.9. The van der Waals surface area contributed by atoms with Gasteiger partial charge in [-0.2, -0.15) is 0 Å². The summed E-state index contributed by atoms with van der Waals surface area (Å²) in [5.41, 5.74) is 1.18. The van der Waals surface area contributed by atoms with Crippen molar-refractivity contribution in [1.29, 1.82) is 0 Å². The number of rotatable bonds is 1. The fraction of sp³-hybridized carbons (Fsp3) is 0.538. The molecule has 0 N–H and O–H groups in total. The molecule has 0 aliphatic carbocycles. The van der Waals surface area contributed by atoms with Crippen molar-refractivity contribution in [3.05, 3.63) is 27.8 Å². The number of aryl methyl sites for hydroxylation is 1. The van der Waals surface area contributed by atoms with Crippen LogP contribution < -0.4 is 9.64 Å². The van der Waals surface area contributed by atoms with Gasteiger partial charge in [-0.1, -0.05) is 0 Å². The molecule has 1 saturated heterocycles. The van der Waals surface area contributed by atoms with E-state index in [0.717, 1.165) is 0 Å². The van der Waals surface area contributed by atoms with E-state index in [4.69, 9.17) is 4.74 Å². The van der Waals surface area contributed by atoms with Crippen molar-refractivity contribution in [2.75, 3.05) is 18.1 Å². The quantitative estimate of drug-likeness (QED) is 0.587. The molecule has 1 atom stereocenters. The molecule has 2 aliphatic heterocycles. The van der Waals surface area contributed by atoms with E-state index in [-0.39, 0.29) is 31.7 Å². The number of non-ortho nitro benzene ring substituents is 1. The average molecular weight is 284 g/mol. The molecule has 1 unspecified atom stereocenters. The van der Waals surface area contributed by atoms with Gasteiger partial charge in [0.25, 0.3) is 11.6 Å². The summed E-state index contributed by atoms with van der Waals surface area (Å²) in [5, 5.41) is 10.9. The first-order valence-corrected chi connectivity index (χ1v) is 6.44. The summed E-state index contributed by atoms with van der Waals surface area (Å²) in [6.45, 7) is 2.11. The Bertz CT molecular complexity index is 577. The van der Waals surface area contributed by atoms with Crippen molar-refractivity contribution < 1.29 is 18.4 Å². The number of fused-ring (bicyclic) bond motifs is 3. The summed E-state index contributed by atoms with van der Waals surface area (Å²) >= 11 is 0. The Morgan fingerprint density at radius 1 is 1.50 bits per heavy atom. The maximum Gasteiger partial charge on any atom is 0.272 e. The van der Waals surface area contributed by atoms with Gasteiger partial charge < -0.3 is 9.64 Å². The monoisotopic (exact) mass is 284 g/mol. The standard InChI is InChI=1S/C13H14F2N2O3/c1-8-4-9(17(18)19)5-11-12(8)20-7-10-6-13(14,15)2-3-16(10)11/h4-5,10H,2-3,6-7H2,1H3. The number of alkyl halides is 2. The van der Waals surface area contributed by atoms with Gasteiger partial charge in [0.15, 0.2) is 0 Å². The van der Waals surface area contributed by atoms with E-state index in [2.05, 4.69) is 0 Å². The lowest BCUT2D eigenvalue weighted by atomic mass is 9.96. The number of nitro groups is 1. The van der Waals surface area contributed by atoms with Crippen LogP contribution in [0.25, 0.3) is 0 Å². The normalized spacial score (nSPS) is 23.6. The zero-order chi connectivity index (χ0) is 14.5. The Hall–Kier alpha value is -1.92. The highest BCUT2D eigenvalue weighted by molar-refractivity contribution is 5.68. The topological polar surface area (TPSA) is 55.6 Å². The summed E-state index contributed by atoms with van der Waals surface area (Å²) in [6.07, 6.45) is -0.501. The molecule has 2 heterocycles. The van der Waals surface area contributed by atoms with Crippen LogP contribution in [0.2, 0.25) is 0 Å². The highest BCUT2D eigenvalue weighted by atomic mass is 19.3. The third-order valence-corrected chi connectivity index (χ3v) is 3.87. The first-order chi connectivity index (χ1) is 9.37. The van der Waals surface area contributed by atoms with Crippen LogP contribution in [0, 0.1) is 17.0 Å². The number of ether oxygens (including phenoxy) is 1. The van der Waals surface area contributed by atoms with Crippen LogP contribution in [0.4, 0.5) is 20.2 Å². The van der Waals surface area contributed by atoms with E-state index in [1.165, 1.54) is 12.1 Å². The van der Waals surface area contributed by atoms with Gasteiger partial charge in [0.1, 0.15) is 12.4 Å². The van der Waals surface area contributed by atoms with Crippen molar-refractivity contribution in [2.24, 2.45) is 0 Å². The van der Waals surface area contributed by atoms with E-state index >= 15 is 0 Å². The third-order valence-electron chi connectivity index (χ3n) is 3.87. The SMILES string of the molecule is Cc1cc([N+](=O)[O-])cc2c1OCC1CC(F)(F)CCN21. The van der Waals surface area contributed by atoms with Gasteiger partial charge in [-0.15, -0.1) is 0 Å². The van der Waals surface area contributed by atoms with Gasteiger partial charge in [0.2, 0.25) is 0 Å². The van der Waals surface area contributed by atoms with Gasteiger partial charge in [0.05, 0.1) is 16.7 Å². The molecule has 0 bridgehead atoms. The number of hydrogen-bond donors (Lipinski definition) is 0. The maximum absolute atomic E-state index is 13.4. The van der Waals surface area contributed by atoms with Crippen LogP contribution in [-0.2, 0) is 0 Å². The smallest absolute Gasteiger partial charge is 0.272 e. The maximum atomic E-state index is 13.4. The second kappa shape index (κ2) is 4.29. The summed E-state index contributed by atoms with van der Waals surface area (Å²) in [5.74, 6) is -2.12. The Morgan fingerprint density at radius 2 is 2.25 bits per heavy atom. The van der Waals surface area contributed by atoms with Gasteiger partial charge in [-0.05, 0) is 12.5 Å². The summed E-state index contributed by atoms with van der Waals surface area (Å²) in [7, 11) is 0. The molecule has 0 radical (unpaired) electrons. The number of anilines is 1. The van der Waals surface area contributed by atoms with Crippen molar-refractivity contribution in [3.63, 3.8) is 0 Å². The predicted octanol–water partition coefficient (Wildman–Crippen LogP) is 2.90. The number of nitro benzene ring substituents is 1. The fourth-order valence-electron chi connectivity index (χ4n) is 2.91. The molecule has 5 nitrogen and oxygen atoms in total. The van der Waals surface area contributed by atoms with Crippen LogP contribution in [-0.4, -0.2) is 30.0 Å². The Kier molecular flexibility index (Phi) is 2.81. The Labute approximate surface area is 114 Å². The molecule has 1 aromatic rings. The van der Waals surface area contributed by atoms with Gasteiger partial charge in [-0.3, -0.25) is 10.1 Å². The molecule has 1 fully saturated rings. The molecule has 20 heavy (non-hydrogen) atoms. The zero-order valence-corrected chi connectivity index (χ0v) is 10.9. The molecule has 1 aromatic carbocycles. The highest BCUT2D eigenvalue weighted by Crippen LogP contribution is 2.44. The second-order valence-electron chi connectivity index (χ2n) is 5.34. The summed E-state index contributed by atoms with van der Waals surface area (Å²) in [6, 6.07) is 2.43. The lowest BCUT2D eigenvalue weighted by molar-refractivity contribution is -0.384. The van der Waals surface area contributed by atoms with Crippen LogP contribution in [0.1, 0.15) is 18.4 Å². The Balaban J connectivity index is 2.02. The van der Waals surface area contributed by atoms with E-state index in [9.17, 15) is 18.9 Å². The number of piperidine rings is 1. The highest BCUT2D eigenvalue weighted by Gasteiger charge is 2.43. The lowest BCUT2D eigenvalue weighted by Crippen LogP contribution is -2.52. The molecular formula is C13H14F2N2O3. The Morgan fingerprint density at radius 3 is 2.95 bits per heavy atom. The minimum Gasteiger partial charge on any atom is -0.489 e. The molecule has 7 heteroatoms. The average Bonchev–Trinajstić information content (AvgIpc) is 2.36. The number of nitrogens with zero attached hydrogens (tertiary/aromatic N) is 2. The number of halogens is 2. The van der Waals surface area contributed by atoms with Crippen molar-refractivity contribution >= 4 is 11.4 Å². The minimum atomic E-state index is -2.68. The van der Waals surface area contributed by atoms with E-state index in [1.54, 1.807) is 6.92 Å². The van der Waals surface area contributed by atoms with E-state index in [0.29, 0.717) is 17.0 Å². The largest absolute Gasteiger partial charge is 0.489 e. The van der Waals surface area contributed by atoms with Gasteiger partial charge in [0, 0.05) is 31.5 Å². The molecule has 0 amide bonds. The summed E-state index contributed by atoms with van der Waals surface area (Å²) in [4.78, 5) is 12.3. The summed E-state index contributed by atoms with van der Waals surface area (Å²) < 4.78 is 32.4. The third kappa shape index (κ3) is 2.07. The van der Waals surface area contributed by atoms with Crippen molar-refractivity contribution in [1.82, 2.24) is 0 Å². The lowest BCUT2D eigenvalue weighted by Gasteiger charge is -2.44. The van der Waals surface area contributed by atoms with Crippen LogP contribution in [0.5, 0.6) is 5.75 Å². The predicted molar refractivity (Wildman–Crippen MR) is 68.6 cm³/mol. The molecule has 2 aliphatic rings. The minimum absolute atomic E-state index is 0.0390. The number of benzene rings is 1. The van der Waals surface area contributed by atoms with Crippen molar-refractivity contribution in [3.8, 4) is 5.75 Å². The molecule has 108 valence electrons. The molecular weight excluding hydrogens is 270 g/mol. The van der Waals surface area contributed by atoms with Crippen molar-refractivity contribution in [2.45, 2.75) is 31.7 Å². The number of hydrogen-bond acceptors (Lipinski definition) is 4. The molecule has 3 rings (SSSR count). The van der Waals surface area contributed by atoms with E-state index in [1.807, 2.05) is 4.90 Å². The van der Waals surface area contributed by atoms with Crippen LogP contribution in [0.15, 0.2) is 12.1 Å². The molecule has 0 aromatic heterocycles. The van der Waals surface area contributed by atoms with Crippen LogP contribution >= 0.6 is 0 Å². The van der Waals surface area contributed by atoms with Gasteiger partial charge in [-0.25, -0.2) is 8.78 Å². The van der Waals surface area contributed by atoms with Gasteiger partial charge >= 0.3 is 0 Å². The first kappa shape index (κ1) is 13.1. The second-order valence-corrected chi connectivity index (χ2v) is 5.34.